The van der Waals surface area contributed by atoms with Gasteiger partial charge >= 0.3 is 0 Å². The molecule has 3 rings (SSSR count). The number of rotatable bonds is 4. The van der Waals surface area contributed by atoms with Crippen LogP contribution < -0.4 is 10.2 Å². The summed E-state index contributed by atoms with van der Waals surface area (Å²) in [6, 6.07) is 0.148. The van der Waals surface area contributed by atoms with Crippen molar-refractivity contribution in [1.82, 2.24) is 15.3 Å². The fourth-order valence-electron chi connectivity index (χ4n) is 4.75. The van der Waals surface area contributed by atoms with E-state index in [1.54, 1.807) is 12.4 Å². The standard InChI is InChI=1S/C19H28N4O2/c1-18(2)12-19(3,4)16(18)22-15(25)14-9-20-17(21-10-14)23-7-5-13(11-24)6-8-23/h9-11,13,16H,5-8,12H2,1-4H3,(H,22,25). The molecule has 1 saturated carbocycles. The van der Waals surface area contributed by atoms with Gasteiger partial charge in [-0.25, -0.2) is 9.97 Å². The van der Waals surface area contributed by atoms with Crippen LogP contribution in [-0.2, 0) is 4.79 Å². The molecule has 0 bridgehead atoms. The average Bonchev–Trinajstić information content (AvgIpc) is 2.58. The van der Waals surface area contributed by atoms with Crippen molar-refractivity contribution in [1.29, 1.82) is 0 Å². The number of hydrogen-bond acceptors (Lipinski definition) is 5. The lowest BCUT2D eigenvalue weighted by Gasteiger charge is -2.57. The number of aldehydes is 1. The first-order valence-corrected chi connectivity index (χ1v) is 9.06. The van der Waals surface area contributed by atoms with E-state index in [0.717, 1.165) is 38.6 Å². The van der Waals surface area contributed by atoms with Gasteiger partial charge in [-0.2, -0.15) is 0 Å². The highest BCUT2D eigenvalue weighted by Crippen LogP contribution is 2.53. The average molecular weight is 344 g/mol. The third kappa shape index (κ3) is 3.53. The summed E-state index contributed by atoms with van der Waals surface area (Å²) in [4.78, 5) is 34.2. The van der Waals surface area contributed by atoms with Crippen molar-refractivity contribution in [3.8, 4) is 0 Å². The van der Waals surface area contributed by atoms with Gasteiger partial charge in [0.25, 0.3) is 5.91 Å². The summed E-state index contributed by atoms with van der Waals surface area (Å²) < 4.78 is 0. The van der Waals surface area contributed by atoms with Crippen LogP contribution in [0.5, 0.6) is 0 Å². The number of hydrogen-bond donors (Lipinski definition) is 1. The molecule has 25 heavy (non-hydrogen) atoms. The smallest absolute Gasteiger partial charge is 0.254 e. The lowest BCUT2D eigenvalue weighted by Crippen LogP contribution is -2.63. The van der Waals surface area contributed by atoms with Crippen LogP contribution in [0.4, 0.5) is 5.95 Å². The topological polar surface area (TPSA) is 75.2 Å². The number of nitrogens with one attached hydrogen (secondary N) is 1. The molecule has 1 aromatic rings. The summed E-state index contributed by atoms with van der Waals surface area (Å²) >= 11 is 0. The van der Waals surface area contributed by atoms with Crippen molar-refractivity contribution in [3.05, 3.63) is 18.0 Å². The zero-order valence-corrected chi connectivity index (χ0v) is 15.6. The lowest BCUT2D eigenvalue weighted by atomic mass is 9.52. The third-order valence-electron chi connectivity index (χ3n) is 5.66. The molecule has 1 aromatic heterocycles. The molecule has 136 valence electrons. The fraction of sp³-hybridized carbons (Fsp3) is 0.684. The van der Waals surface area contributed by atoms with Gasteiger partial charge in [-0.3, -0.25) is 4.79 Å². The van der Waals surface area contributed by atoms with Crippen LogP contribution in [0.2, 0.25) is 0 Å². The molecule has 6 nitrogen and oxygen atoms in total. The largest absolute Gasteiger partial charge is 0.348 e. The number of amides is 1. The predicted octanol–water partition coefficient (Wildman–Crippen LogP) is 2.45. The molecule has 0 radical (unpaired) electrons. The number of aromatic nitrogens is 2. The first-order chi connectivity index (χ1) is 11.7. The van der Waals surface area contributed by atoms with Crippen LogP contribution in [0.3, 0.4) is 0 Å². The predicted molar refractivity (Wildman–Crippen MR) is 96.5 cm³/mol. The van der Waals surface area contributed by atoms with Gasteiger partial charge in [0.15, 0.2) is 0 Å². The van der Waals surface area contributed by atoms with Gasteiger partial charge in [0.2, 0.25) is 5.95 Å². The molecular formula is C19H28N4O2. The van der Waals surface area contributed by atoms with Gasteiger partial charge in [-0.1, -0.05) is 27.7 Å². The molecule has 1 saturated heterocycles. The normalized spacial score (nSPS) is 23.0. The second kappa shape index (κ2) is 6.39. The zero-order chi connectivity index (χ0) is 18.2. The van der Waals surface area contributed by atoms with E-state index >= 15 is 0 Å². The van der Waals surface area contributed by atoms with Crippen molar-refractivity contribution in [2.45, 2.75) is 53.0 Å². The molecule has 1 amide bonds. The Morgan fingerprint density at radius 1 is 1.16 bits per heavy atom. The SMILES string of the molecule is CC1(C)CC(C)(C)C1NC(=O)c1cnc(N2CCC(C=O)CC2)nc1. The molecule has 0 unspecified atom stereocenters. The second-order valence-electron chi connectivity index (χ2n) is 8.79. The lowest BCUT2D eigenvalue weighted by molar-refractivity contribution is -0.111. The monoisotopic (exact) mass is 344 g/mol. The molecule has 2 aliphatic rings. The Bertz CT molecular complexity index is 632. The third-order valence-corrected chi connectivity index (χ3v) is 5.66. The number of nitrogens with zero attached hydrogens (tertiary/aromatic N) is 3. The van der Waals surface area contributed by atoms with Gasteiger partial charge in [-0.15, -0.1) is 0 Å². The van der Waals surface area contributed by atoms with Gasteiger partial charge in [0.05, 0.1) is 5.56 Å². The van der Waals surface area contributed by atoms with E-state index in [4.69, 9.17) is 0 Å². The van der Waals surface area contributed by atoms with Crippen LogP contribution in [-0.4, -0.2) is 41.3 Å². The quantitative estimate of drug-likeness (QED) is 0.849. The summed E-state index contributed by atoms with van der Waals surface area (Å²) in [5, 5.41) is 3.15. The van der Waals surface area contributed by atoms with E-state index in [1.807, 2.05) is 0 Å². The summed E-state index contributed by atoms with van der Waals surface area (Å²) in [5.74, 6) is 0.665. The molecule has 0 atom stereocenters. The first-order valence-electron chi connectivity index (χ1n) is 9.06. The Labute approximate surface area is 149 Å². The number of anilines is 1. The van der Waals surface area contributed by atoms with E-state index in [0.29, 0.717) is 11.5 Å². The maximum atomic E-state index is 12.5. The minimum atomic E-state index is -0.114. The maximum Gasteiger partial charge on any atom is 0.254 e. The van der Waals surface area contributed by atoms with Gasteiger partial charge in [0.1, 0.15) is 6.29 Å². The van der Waals surface area contributed by atoms with Gasteiger partial charge in [-0.05, 0) is 30.1 Å². The first kappa shape index (κ1) is 17.8. The van der Waals surface area contributed by atoms with Crippen molar-refractivity contribution < 1.29 is 9.59 Å². The Kier molecular flexibility index (Phi) is 4.56. The molecule has 2 heterocycles. The van der Waals surface area contributed by atoms with Crippen molar-refractivity contribution in [2.75, 3.05) is 18.0 Å². The summed E-state index contributed by atoms with van der Waals surface area (Å²) in [7, 11) is 0. The van der Waals surface area contributed by atoms with Crippen LogP contribution in [0.1, 0.15) is 57.3 Å². The zero-order valence-electron chi connectivity index (χ0n) is 15.6. The Morgan fingerprint density at radius 2 is 1.72 bits per heavy atom. The van der Waals surface area contributed by atoms with E-state index in [1.165, 1.54) is 0 Å². The minimum absolute atomic E-state index is 0.114. The molecule has 1 aliphatic carbocycles. The Morgan fingerprint density at radius 3 is 2.20 bits per heavy atom. The summed E-state index contributed by atoms with van der Waals surface area (Å²) in [6.07, 6.45) is 7.00. The summed E-state index contributed by atoms with van der Waals surface area (Å²) in [6.45, 7) is 10.3. The number of carbonyl (C=O) groups excluding carboxylic acids is 2. The second-order valence-corrected chi connectivity index (χ2v) is 8.79. The van der Waals surface area contributed by atoms with E-state index in [-0.39, 0.29) is 28.7 Å². The van der Waals surface area contributed by atoms with E-state index in [9.17, 15) is 9.59 Å². The van der Waals surface area contributed by atoms with Crippen LogP contribution in [0.15, 0.2) is 12.4 Å². The molecule has 0 aromatic carbocycles. The van der Waals surface area contributed by atoms with E-state index in [2.05, 4.69) is 47.9 Å². The number of piperidine rings is 1. The Hall–Kier alpha value is -1.98. The highest BCUT2D eigenvalue weighted by atomic mass is 16.1. The highest BCUT2D eigenvalue weighted by Gasteiger charge is 2.53. The minimum Gasteiger partial charge on any atom is -0.348 e. The van der Waals surface area contributed by atoms with Crippen molar-refractivity contribution in [2.24, 2.45) is 16.7 Å². The molecule has 1 N–H and O–H groups in total. The molecule has 6 heteroatoms. The maximum absolute atomic E-state index is 12.5. The molecular weight excluding hydrogens is 316 g/mol. The molecule has 1 aliphatic heterocycles. The molecule has 2 fully saturated rings. The highest BCUT2D eigenvalue weighted by molar-refractivity contribution is 5.94. The van der Waals surface area contributed by atoms with Crippen LogP contribution in [0, 0.1) is 16.7 Å². The van der Waals surface area contributed by atoms with Crippen LogP contribution >= 0.6 is 0 Å². The number of carbonyl (C=O) groups is 2. The van der Waals surface area contributed by atoms with E-state index < -0.39 is 0 Å². The molecule has 0 spiro atoms. The van der Waals surface area contributed by atoms with Crippen molar-refractivity contribution >= 4 is 18.1 Å². The van der Waals surface area contributed by atoms with Gasteiger partial charge in [0, 0.05) is 37.4 Å². The fourth-order valence-corrected chi connectivity index (χ4v) is 4.75. The van der Waals surface area contributed by atoms with Crippen LogP contribution in [0.25, 0.3) is 0 Å². The Balaban J connectivity index is 1.62. The summed E-state index contributed by atoms with van der Waals surface area (Å²) in [5.41, 5.74) is 0.719. The van der Waals surface area contributed by atoms with Gasteiger partial charge < -0.3 is 15.0 Å². The van der Waals surface area contributed by atoms with Crippen molar-refractivity contribution in [3.63, 3.8) is 0 Å².